The second kappa shape index (κ2) is 6.95. The molecule has 0 bridgehead atoms. The van der Waals surface area contributed by atoms with E-state index in [2.05, 4.69) is 30.7 Å². The number of phenolic OH excluding ortho intramolecular Hbond substituents is 1. The van der Waals surface area contributed by atoms with Gasteiger partial charge in [-0.05, 0) is 24.6 Å². The van der Waals surface area contributed by atoms with E-state index in [-0.39, 0.29) is 11.4 Å². The maximum absolute atomic E-state index is 11.6. The number of hydrogen-bond donors (Lipinski definition) is 2. The molecule has 0 aromatic heterocycles. The lowest BCUT2D eigenvalue weighted by atomic mass is 10.1. The van der Waals surface area contributed by atoms with Crippen LogP contribution in [0.5, 0.6) is 5.75 Å². The summed E-state index contributed by atoms with van der Waals surface area (Å²) in [5.74, 6) is -1.54. The highest BCUT2D eigenvalue weighted by molar-refractivity contribution is 9.10. The topological polar surface area (TPSA) is 84.9 Å². The van der Waals surface area contributed by atoms with Crippen molar-refractivity contribution in [3.8, 4) is 5.75 Å². The molecule has 0 heterocycles. The molecular weight excluding hydrogens is 330 g/mol. The quantitative estimate of drug-likeness (QED) is 0.494. The van der Waals surface area contributed by atoms with Crippen molar-refractivity contribution in [2.45, 2.75) is 6.92 Å². The number of hydrogen-bond acceptors (Lipinski definition) is 6. The number of carbonyl (C=O) groups is 2. The van der Waals surface area contributed by atoms with Crippen LogP contribution in [0.15, 0.2) is 28.4 Å². The highest BCUT2D eigenvalue weighted by Crippen LogP contribution is 2.32. The molecule has 0 aliphatic carbocycles. The lowest BCUT2D eigenvalue weighted by molar-refractivity contribution is -0.138. The summed E-state index contributed by atoms with van der Waals surface area (Å²) in [4.78, 5) is 22.8. The van der Waals surface area contributed by atoms with E-state index >= 15 is 0 Å². The van der Waals surface area contributed by atoms with Crippen molar-refractivity contribution in [1.82, 2.24) is 0 Å². The molecule has 0 aliphatic rings. The Bertz CT molecular complexity index is 545. The predicted molar refractivity (Wildman–Crippen MR) is 76.3 cm³/mol. The zero-order valence-corrected chi connectivity index (χ0v) is 12.8. The van der Waals surface area contributed by atoms with Crippen LogP contribution in [-0.4, -0.2) is 31.3 Å². The van der Waals surface area contributed by atoms with E-state index < -0.39 is 11.9 Å². The van der Waals surface area contributed by atoms with E-state index in [9.17, 15) is 14.7 Å². The summed E-state index contributed by atoms with van der Waals surface area (Å²) in [6.45, 7) is 1.74. The second-order valence-corrected chi connectivity index (χ2v) is 4.73. The SMILES string of the molecule is COC(=O)/C=C(/Nc1c(C)cc(Br)cc1O)C(=O)OC. The Hall–Kier alpha value is -2.02. The van der Waals surface area contributed by atoms with Crippen molar-refractivity contribution < 1.29 is 24.2 Å². The smallest absolute Gasteiger partial charge is 0.354 e. The Morgan fingerprint density at radius 3 is 2.45 bits per heavy atom. The van der Waals surface area contributed by atoms with Gasteiger partial charge in [0.05, 0.1) is 26.0 Å². The molecule has 0 saturated carbocycles. The third-order valence-corrected chi connectivity index (χ3v) is 2.87. The molecule has 7 heteroatoms. The van der Waals surface area contributed by atoms with Gasteiger partial charge in [0.2, 0.25) is 0 Å². The largest absolute Gasteiger partial charge is 0.506 e. The molecule has 0 fully saturated rings. The van der Waals surface area contributed by atoms with E-state index in [1.54, 1.807) is 13.0 Å². The molecule has 0 atom stereocenters. The Morgan fingerprint density at radius 1 is 1.30 bits per heavy atom. The molecule has 1 aromatic rings. The van der Waals surface area contributed by atoms with Gasteiger partial charge in [-0.25, -0.2) is 9.59 Å². The third kappa shape index (κ3) is 3.99. The summed E-state index contributed by atoms with van der Waals surface area (Å²) in [5, 5.41) is 12.6. The molecule has 108 valence electrons. The Morgan fingerprint density at radius 2 is 1.95 bits per heavy atom. The van der Waals surface area contributed by atoms with Crippen LogP contribution in [0, 0.1) is 6.92 Å². The van der Waals surface area contributed by atoms with Crippen LogP contribution in [0.2, 0.25) is 0 Å². The van der Waals surface area contributed by atoms with Crippen molar-refractivity contribution >= 4 is 33.6 Å². The first-order valence-electron chi connectivity index (χ1n) is 5.53. The third-order valence-electron chi connectivity index (χ3n) is 2.41. The Kier molecular flexibility index (Phi) is 5.57. The van der Waals surface area contributed by atoms with Crippen LogP contribution in [-0.2, 0) is 19.1 Å². The number of benzene rings is 1. The van der Waals surface area contributed by atoms with Gasteiger partial charge in [-0.1, -0.05) is 15.9 Å². The zero-order valence-electron chi connectivity index (χ0n) is 11.2. The monoisotopic (exact) mass is 343 g/mol. The first-order valence-corrected chi connectivity index (χ1v) is 6.32. The van der Waals surface area contributed by atoms with Gasteiger partial charge < -0.3 is 19.9 Å². The average Bonchev–Trinajstić information content (AvgIpc) is 2.40. The maximum atomic E-state index is 11.6. The summed E-state index contributed by atoms with van der Waals surface area (Å²) in [6, 6.07) is 3.21. The van der Waals surface area contributed by atoms with Crippen molar-refractivity contribution in [2.24, 2.45) is 0 Å². The van der Waals surface area contributed by atoms with Crippen molar-refractivity contribution in [2.75, 3.05) is 19.5 Å². The molecule has 6 nitrogen and oxygen atoms in total. The van der Waals surface area contributed by atoms with Crippen molar-refractivity contribution in [1.29, 1.82) is 0 Å². The van der Waals surface area contributed by atoms with Crippen LogP contribution >= 0.6 is 15.9 Å². The van der Waals surface area contributed by atoms with Crippen LogP contribution in [0.25, 0.3) is 0 Å². The normalized spacial score (nSPS) is 10.9. The summed E-state index contributed by atoms with van der Waals surface area (Å²) in [6.07, 6.45) is 0.951. The summed E-state index contributed by atoms with van der Waals surface area (Å²) in [5.41, 5.74) is 0.838. The summed E-state index contributed by atoms with van der Waals surface area (Å²) in [7, 11) is 2.37. The number of carbonyl (C=O) groups excluding carboxylic acids is 2. The Labute approximate surface area is 124 Å². The van der Waals surface area contributed by atoms with Crippen LogP contribution in [0.1, 0.15) is 5.56 Å². The van der Waals surface area contributed by atoms with Crippen molar-refractivity contribution in [3.05, 3.63) is 33.9 Å². The molecule has 0 aliphatic heterocycles. The fourth-order valence-corrected chi connectivity index (χ4v) is 2.02. The predicted octanol–water partition coefficient (Wildman–Crippen LogP) is 2.10. The van der Waals surface area contributed by atoms with E-state index in [1.165, 1.54) is 20.3 Å². The van der Waals surface area contributed by atoms with Gasteiger partial charge in [-0.3, -0.25) is 0 Å². The molecule has 0 amide bonds. The number of aryl methyl sites for hydroxylation is 1. The number of halogens is 1. The Balaban J connectivity index is 3.17. The van der Waals surface area contributed by atoms with E-state index in [0.717, 1.165) is 6.08 Å². The van der Waals surface area contributed by atoms with Crippen LogP contribution in [0.3, 0.4) is 0 Å². The fraction of sp³-hybridized carbons (Fsp3) is 0.231. The van der Waals surface area contributed by atoms with Gasteiger partial charge in [0.1, 0.15) is 11.4 Å². The highest BCUT2D eigenvalue weighted by atomic mass is 79.9. The molecule has 1 rings (SSSR count). The van der Waals surface area contributed by atoms with E-state index in [0.29, 0.717) is 15.7 Å². The molecule has 0 saturated heterocycles. The number of nitrogens with one attached hydrogen (secondary N) is 1. The fourth-order valence-electron chi connectivity index (χ4n) is 1.46. The minimum absolute atomic E-state index is 0.0726. The standard InChI is InChI=1S/C13H14BrNO5/c1-7-4-8(14)5-10(16)12(7)15-9(13(18)20-3)6-11(17)19-2/h4-6,15-16H,1-3H3/b9-6+. The molecule has 20 heavy (non-hydrogen) atoms. The maximum Gasteiger partial charge on any atom is 0.354 e. The number of phenols is 1. The number of anilines is 1. The highest BCUT2D eigenvalue weighted by Gasteiger charge is 2.16. The van der Waals surface area contributed by atoms with Gasteiger partial charge >= 0.3 is 11.9 Å². The average molecular weight is 344 g/mol. The minimum Gasteiger partial charge on any atom is -0.506 e. The molecule has 1 aromatic carbocycles. The van der Waals surface area contributed by atoms with Crippen LogP contribution < -0.4 is 5.32 Å². The van der Waals surface area contributed by atoms with Gasteiger partial charge in [-0.15, -0.1) is 0 Å². The van der Waals surface area contributed by atoms with E-state index in [1.807, 2.05) is 0 Å². The van der Waals surface area contributed by atoms with Gasteiger partial charge in [0.25, 0.3) is 0 Å². The first-order chi connectivity index (χ1) is 9.38. The number of rotatable bonds is 4. The molecule has 0 spiro atoms. The number of ether oxygens (including phenoxy) is 2. The lowest BCUT2D eigenvalue weighted by Crippen LogP contribution is -2.16. The number of esters is 2. The van der Waals surface area contributed by atoms with Gasteiger partial charge in [-0.2, -0.15) is 0 Å². The van der Waals surface area contributed by atoms with Crippen molar-refractivity contribution in [3.63, 3.8) is 0 Å². The zero-order chi connectivity index (χ0) is 15.3. The molecular formula is C13H14BrNO5. The summed E-state index contributed by atoms with van der Waals surface area (Å²) >= 11 is 3.24. The molecule has 2 N–H and O–H groups in total. The van der Waals surface area contributed by atoms with Gasteiger partial charge in [0.15, 0.2) is 0 Å². The van der Waals surface area contributed by atoms with Gasteiger partial charge in [0, 0.05) is 4.47 Å². The number of methoxy groups -OCH3 is 2. The lowest BCUT2D eigenvalue weighted by Gasteiger charge is -2.13. The summed E-state index contributed by atoms with van der Waals surface area (Å²) < 4.78 is 9.71. The number of aromatic hydroxyl groups is 1. The minimum atomic E-state index is -0.753. The molecule has 0 unspecified atom stereocenters. The second-order valence-electron chi connectivity index (χ2n) is 3.81. The van der Waals surface area contributed by atoms with Crippen LogP contribution in [0.4, 0.5) is 5.69 Å². The molecule has 0 radical (unpaired) electrons. The first kappa shape index (κ1) is 16.0. The van der Waals surface area contributed by atoms with E-state index in [4.69, 9.17) is 0 Å².